The fourth-order valence-corrected chi connectivity index (χ4v) is 4.65. The molecule has 1 saturated heterocycles. The summed E-state index contributed by atoms with van der Waals surface area (Å²) >= 11 is 0. The number of hydrogen-bond donors (Lipinski definition) is 0. The highest BCUT2D eigenvalue weighted by Gasteiger charge is 2.32. The molecule has 2 nitrogen and oxygen atoms in total. The predicted octanol–water partition coefficient (Wildman–Crippen LogP) is 6.57. The van der Waals surface area contributed by atoms with Crippen LogP contribution in [0.4, 0.5) is 13.2 Å². The standard InChI is InChI=1S/C25H30F3NO/c1-3-24(18-8-9-18)19-5-4-6-22(14-19)30-23-11-12-29(16-23)15-20-13-21(25(26,27)28)10-7-17(20)2/h4-7,10,13-14,18,23-24H,3,8-9,11-12,15-16H2,1-2H3/t23?,24-/m0/s1. The van der Waals surface area contributed by atoms with E-state index in [1.54, 1.807) is 6.07 Å². The molecule has 1 aliphatic heterocycles. The molecule has 2 aromatic rings. The number of halogens is 3. The quantitative estimate of drug-likeness (QED) is 0.505. The summed E-state index contributed by atoms with van der Waals surface area (Å²) in [7, 11) is 0. The summed E-state index contributed by atoms with van der Waals surface area (Å²) in [5.74, 6) is 2.36. The molecule has 30 heavy (non-hydrogen) atoms. The highest BCUT2D eigenvalue weighted by atomic mass is 19.4. The molecule has 2 atom stereocenters. The third-order valence-corrected chi connectivity index (χ3v) is 6.52. The van der Waals surface area contributed by atoms with Crippen molar-refractivity contribution in [2.75, 3.05) is 13.1 Å². The van der Waals surface area contributed by atoms with Crippen molar-refractivity contribution in [3.63, 3.8) is 0 Å². The molecular formula is C25H30F3NO. The van der Waals surface area contributed by atoms with Gasteiger partial charge in [0.15, 0.2) is 0 Å². The van der Waals surface area contributed by atoms with Crippen LogP contribution in [-0.4, -0.2) is 24.1 Å². The number of likely N-dealkylation sites (tertiary alicyclic amines) is 1. The first-order chi connectivity index (χ1) is 14.3. The SMILES string of the molecule is CC[C@H](c1cccc(OC2CCN(Cc3cc(C(F)(F)F)ccc3C)C2)c1)C1CC1. The molecule has 0 spiro atoms. The molecule has 0 bridgehead atoms. The van der Waals surface area contributed by atoms with Crippen LogP contribution in [0.3, 0.4) is 0 Å². The van der Waals surface area contributed by atoms with Gasteiger partial charge >= 0.3 is 6.18 Å². The summed E-state index contributed by atoms with van der Waals surface area (Å²) in [5, 5.41) is 0. The van der Waals surface area contributed by atoms with Crippen LogP contribution in [0.15, 0.2) is 42.5 Å². The van der Waals surface area contributed by atoms with E-state index in [2.05, 4.69) is 30.0 Å². The molecule has 0 N–H and O–H groups in total. The van der Waals surface area contributed by atoms with Gasteiger partial charge in [-0.3, -0.25) is 4.90 Å². The lowest BCUT2D eigenvalue weighted by Gasteiger charge is -2.20. The number of hydrogen-bond acceptors (Lipinski definition) is 2. The average Bonchev–Trinajstić information content (AvgIpc) is 3.44. The molecule has 1 aliphatic carbocycles. The minimum absolute atomic E-state index is 0.0763. The molecule has 0 amide bonds. The Kier molecular flexibility index (Phi) is 6.10. The smallest absolute Gasteiger partial charge is 0.416 e. The molecule has 4 rings (SSSR count). The Bertz CT molecular complexity index is 875. The fourth-order valence-electron chi connectivity index (χ4n) is 4.65. The minimum atomic E-state index is -4.30. The molecule has 162 valence electrons. The largest absolute Gasteiger partial charge is 0.489 e. The summed E-state index contributed by atoms with van der Waals surface area (Å²) in [5.41, 5.74) is 2.42. The first kappa shape index (κ1) is 21.2. The van der Waals surface area contributed by atoms with E-state index in [4.69, 9.17) is 4.74 Å². The van der Waals surface area contributed by atoms with Gasteiger partial charge in [-0.15, -0.1) is 0 Å². The first-order valence-electron chi connectivity index (χ1n) is 11.0. The second-order valence-corrected chi connectivity index (χ2v) is 8.83. The van der Waals surface area contributed by atoms with E-state index >= 15 is 0 Å². The van der Waals surface area contributed by atoms with Crippen molar-refractivity contribution in [1.29, 1.82) is 0 Å². The van der Waals surface area contributed by atoms with Crippen LogP contribution in [0.2, 0.25) is 0 Å². The van der Waals surface area contributed by atoms with Crippen molar-refractivity contribution in [2.24, 2.45) is 5.92 Å². The number of benzene rings is 2. The van der Waals surface area contributed by atoms with Crippen LogP contribution in [0, 0.1) is 12.8 Å². The molecule has 2 aromatic carbocycles. The number of alkyl halides is 3. The molecule has 0 radical (unpaired) electrons. The predicted molar refractivity (Wildman–Crippen MR) is 113 cm³/mol. The summed E-state index contributed by atoms with van der Waals surface area (Å²) in [6, 6.07) is 12.5. The van der Waals surface area contributed by atoms with E-state index < -0.39 is 11.7 Å². The van der Waals surface area contributed by atoms with Crippen molar-refractivity contribution < 1.29 is 17.9 Å². The number of aryl methyl sites for hydroxylation is 1. The van der Waals surface area contributed by atoms with Gasteiger partial charge < -0.3 is 4.74 Å². The van der Waals surface area contributed by atoms with Crippen molar-refractivity contribution in [3.8, 4) is 5.75 Å². The van der Waals surface area contributed by atoms with Gasteiger partial charge in [-0.2, -0.15) is 13.2 Å². The Hall–Kier alpha value is -2.01. The van der Waals surface area contributed by atoms with Crippen molar-refractivity contribution in [1.82, 2.24) is 4.90 Å². The maximum absolute atomic E-state index is 13.1. The van der Waals surface area contributed by atoms with Gasteiger partial charge in [-0.25, -0.2) is 0 Å². The van der Waals surface area contributed by atoms with Gasteiger partial charge in [0, 0.05) is 19.6 Å². The molecule has 1 unspecified atom stereocenters. The number of rotatable bonds is 7. The maximum Gasteiger partial charge on any atom is 0.416 e. The Morgan fingerprint density at radius 1 is 1.10 bits per heavy atom. The van der Waals surface area contributed by atoms with Gasteiger partial charge in [-0.05, 0) is 85.4 Å². The molecule has 2 aliphatic rings. The molecule has 0 aromatic heterocycles. The van der Waals surface area contributed by atoms with E-state index in [0.29, 0.717) is 12.5 Å². The van der Waals surface area contributed by atoms with Gasteiger partial charge in [0.05, 0.1) is 5.56 Å². The average molecular weight is 418 g/mol. The van der Waals surface area contributed by atoms with Crippen LogP contribution in [0.5, 0.6) is 5.75 Å². The van der Waals surface area contributed by atoms with Crippen molar-refractivity contribution in [3.05, 3.63) is 64.7 Å². The van der Waals surface area contributed by atoms with E-state index in [-0.39, 0.29) is 6.10 Å². The Labute approximate surface area is 177 Å². The van der Waals surface area contributed by atoms with E-state index in [1.807, 2.05) is 13.0 Å². The Balaban J connectivity index is 1.37. The molecule has 2 fully saturated rings. The van der Waals surface area contributed by atoms with Crippen molar-refractivity contribution in [2.45, 2.75) is 64.3 Å². The zero-order valence-electron chi connectivity index (χ0n) is 17.7. The summed E-state index contributed by atoms with van der Waals surface area (Å²) in [6.07, 6.45) is 0.476. The van der Waals surface area contributed by atoms with Crippen LogP contribution in [0.25, 0.3) is 0 Å². The van der Waals surface area contributed by atoms with Gasteiger partial charge in [0.1, 0.15) is 11.9 Å². The van der Waals surface area contributed by atoms with E-state index in [0.717, 1.165) is 54.8 Å². The van der Waals surface area contributed by atoms with Gasteiger partial charge in [-0.1, -0.05) is 25.1 Å². The maximum atomic E-state index is 13.1. The third kappa shape index (κ3) is 5.00. The van der Waals surface area contributed by atoms with Crippen LogP contribution >= 0.6 is 0 Å². The van der Waals surface area contributed by atoms with Crippen LogP contribution in [-0.2, 0) is 12.7 Å². The van der Waals surface area contributed by atoms with Gasteiger partial charge in [0.25, 0.3) is 0 Å². The third-order valence-electron chi connectivity index (χ3n) is 6.52. The lowest BCUT2D eigenvalue weighted by Crippen LogP contribution is -2.25. The zero-order chi connectivity index (χ0) is 21.3. The zero-order valence-corrected chi connectivity index (χ0v) is 17.7. The highest BCUT2D eigenvalue weighted by molar-refractivity contribution is 5.33. The second kappa shape index (κ2) is 8.62. The van der Waals surface area contributed by atoms with Gasteiger partial charge in [0.2, 0.25) is 0 Å². The first-order valence-corrected chi connectivity index (χ1v) is 11.0. The molecular weight excluding hydrogens is 387 g/mol. The second-order valence-electron chi connectivity index (χ2n) is 8.83. The van der Waals surface area contributed by atoms with E-state index in [1.165, 1.54) is 24.5 Å². The van der Waals surface area contributed by atoms with Crippen LogP contribution in [0.1, 0.15) is 60.8 Å². The van der Waals surface area contributed by atoms with Crippen molar-refractivity contribution >= 4 is 0 Å². The molecule has 5 heteroatoms. The summed E-state index contributed by atoms with van der Waals surface area (Å²) < 4.78 is 45.4. The Morgan fingerprint density at radius 2 is 1.90 bits per heavy atom. The minimum Gasteiger partial charge on any atom is -0.489 e. The summed E-state index contributed by atoms with van der Waals surface area (Å²) in [6.45, 7) is 6.21. The fraction of sp³-hybridized carbons (Fsp3) is 0.520. The molecule has 1 saturated carbocycles. The van der Waals surface area contributed by atoms with Crippen LogP contribution < -0.4 is 4.74 Å². The number of nitrogens with zero attached hydrogens (tertiary/aromatic N) is 1. The topological polar surface area (TPSA) is 12.5 Å². The summed E-state index contributed by atoms with van der Waals surface area (Å²) in [4.78, 5) is 2.19. The highest BCUT2D eigenvalue weighted by Crippen LogP contribution is 2.45. The van der Waals surface area contributed by atoms with E-state index in [9.17, 15) is 13.2 Å². The normalized spacial score (nSPS) is 21.0. The molecule has 1 heterocycles. The monoisotopic (exact) mass is 417 g/mol. The Morgan fingerprint density at radius 3 is 2.60 bits per heavy atom. The lowest BCUT2D eigenvalue weighted by molar-refractivity contribution is -0.137. The number of ether oxygens (including phenoxy) is 1. The lowest BCUT2D eigenvalue weighted by atomic mass is 9.92.